The van der Waals surface area contributed by atoms with E-state index in [9.17, 15) is 0 Å². The summed E-state index contributed by atoms with van der Waals surface area (Å²) in [6, 6.07) is 4.21. The van der Waals surface area contributed by atoms with Crippen LogP contribution in [0.4, 0.5) is 0 Å². The molecule has 106 valence electrons. The summed E-state index contributed by atoms with van der Waals surface area (Å²) >= 11 is 0. The van der Waals surface area contributed by atoms with E-state index in [1.54, 1.807) is 0 Å². The van der Waals surface area contributed by atoms with E-state index >= 15 is 0 Å². The quantitative estimate of drug-likeness (QED) is 0.855. The van der Waals surface area contributed by atoms with E-state index in [2.05, 4.69) is 36.0 Å². The van der Waals surface area contributed by atoms with Crippen LogP contribution >= 0.6 is 0 Å². The van der Waals surface area contributed by atoms with E-state index in [-0.39, 0.29) is 5.54 Å². The third-order valence-corrected chi connectivity index (χ3v) is 5.01. The van der Waals surface area contributed by atoms with Crippen molar-refractivity contribution in [3.8, 4) is 0 Å². The molecule has 1 aliphatic rings. The second-order valence-corrected chi connectivity index (χ2v) is 5.83. The average molecular weight is 261 g/mol. The molecule has 0 spiro atoms. The lowest BCUT2D eigenvalue weighted by Gasteiger charge is -2.43. The fraction of sp³-hybridized carbons (Fsp3) is 0.688. The molecule has 1 saturated carbocycles. The molecule has 1 aromatic heterocycles. The lowest BCUT2D eigenvalue weighted by molar-refractivity contribution is 0.0829. The first kappa shape index (κ1) is 14.5. The van der Waals surface area contributed by atoms with Crippen molar-refractivity contribution < 1.29 is 0 Å². The number of likely N-dealkylation sites (N-methyl/N-ethyl adjacent to an activating group) is 1. The van der Waals surface area contributed by atoms with Gasteiger partial charge in [0.1, 0.15) is 0 Å². The van der Waals surface area contributed by atoms with Crippen molar-refractivity contribution in [1.29, 1.82) is 0 Å². The van der Waals surface area contributed by atoms with Crippen LogP contribution in [0.15, 0.2) is 24.5 Å². The maximum atomic E-state index is 6.15. The minimum absolute atomic E-state index is 0.238. The molecule has 3 nitrogen and oxygen atoms in total. The standard InChI is InChI=1S/C16H27N3/c1-3-15-5-4-9-16(15,13-17)19(2)12-8-14-6-10-18-11-7-14/h6-7,10-11,15H,3-5,8-9,12-13,17H2,1-2H3. The summed E-state index contributed by atoms with van der Waals surface area (Å²) in [4.78, 5) is 6.59. The van der Waals surface area contributed by atoms with Crippen LogP contribution in [0.1, 0.15) is 38.2 Å². The van der Waals surface area contributed by atoms with Gasteiger partial charge >= 0.3 is 0 Å². The Morgan fingerprint density at radius 2 is 2.16 bits per heavy atom. The van der Waals surface area contributed by atoms with Crippen molar-refractivity contribution in [2.45, 2.75) is 44.6 Å². The van der Waals surface area contributed by atoms with Crippen molar-refractivity contribution in [3.05, 3.63) is 30.1 Å². The third-order valence-electron chi connectivity index (χ3n) is 5.01. The molecule has 2 N–H and O–H groups in total. The largest absolute Gasteiger partial charge is 0.329 e. The maximum Gasteiger partial charge on any atom is 0.0356 e. The number of pyridine rings is 1. The van der Waals surface area contributed by atoms with E-state index in [0.717, 1.165) is 25.4 Å². The molecule has 0 amide bonds. The Morgan fingerprint density at radius 3 is 2.79 bits per heavy atom. The van der Waals surface area contributed by atoms with Crippen molar-refractivity contribution in [1.82, 2.24) is 9.88 Å². The zero-order valence-electron chi connectivity index (χ0n) is 12.3. The second-order valence-electron chi connectivity index (χ2n) is 5.83. The summed E-state index contributed by atoms with van der Waals surface area (Å²) in [5.41, 5.74) is 7.75. The molecule has 3 heteroatoms. The highest BCUT2D eigenvalue weighted by Gasteiger charge is 2.43. The number of hydrogen-bond donors (Lipinski definition) is 1. The molecule has 1 fully saturated rings. The molecule has 0 aliphatic heterocycles. The first-order chi connectivity index (χ1) is 9.23. The zero-order valence-corrected chi connectivity index (χ0v) is 12.3. The Hall–Kier alpha value is -0.930. The van der Waals surface area contributed by atoms with Gasteiger partial charge in [0.2, 0.25) is 0 Å². The normalized spacial score (nSPS) is 27.1. The van der Waals surface area contributed by atoms with E-state index in [4.69, 9.17) is 5.73 Å². The van der Waals surface area contributed by atoms with E-state index in [1.165, 1.54) is 31.2 Å². The van der Waals surface area contributed by atoms with Crippen LogP contribution in [-0.4, -0.2) is 35.6 Å². The third kappa shape index (κ3) is 2.98. The molecule has 19 heavy (non-hydrogen) atoms. The van der Waals surface area contributed by atoms with Gasteiger partial charge in [0.25, 0.3) is 0 Å². The lowest BCUT2D eigenvalue weighted by Crippen LogP contribution is -2.55. The topological polar surface area (TPSA) is 42.1 Å². The Bertz CT molecular complexity index is 379. The number of rotatable bonds is 6. The lowest BCUT2D eigenvalue weighted by atomic mass is 9.83. The van der Waals surface area contributed by atoms with Crippen LogP contribution in [-0.2, 0) is 6.42 Å². The van der Waals surface area contributed by atoms with Gasteiger partial charge in [0.15, 0.2) is 0 Å². The zero-order chi connectivity index (χ0) is 13.7. The highest BCUT2D eigenvalue weighted by Crippen LogP contribution is 2.41. The molecule has 0 aromatic carbocycles. The van der Waals surface area contributed by atoms with Crippen LogP contribution in [0.3, 0.4) is 0 Å². The number of aromatic nitrogens is 1. The molecule has 2 atom stereocenters. The van der Waals surface area contributed by atoms with Gasteiger partial charge in [-0.25, -0.2) is 0 Å². The summed E-state index contributed by atoms with van der Waals surface area (Å²) in [6.45, 7) is 4.17. The average Bonchev–Trinajstić information content (AvgIpc) is 2.90. The highest BCUT2D eigenvalue weighted by atomic mass is 15.2. The van der Waals surface area contributed by atoms with Gasteiger partial charge in [0, 0.05) is 31.0 Å². The minimum Gasteiger partial charge on any atom is -0.329 e. The summed E-state index contributed by atoms with van der Waals surface area (Å²) < 4.78 is 0. The first-order valence-electron chi connectivity index (χ1n) is 7.53. The summed E-state index contributed by atoms with van der Waals surface area (Å²) in [5.74, 6) is 0.764. The van der Waals surface area contributed by atoms with E-state index < -0.39 is 0 Å². The minimum atomic E-state index is 0.238. The number of nitrogens with two attached hydrogens (primary N) is 1. The molecule has 1 heterocycles. The van der Waals surface area contributed by atoms with Crippen LogP contribution in [0.2, 0.25) is 0 Å². The molecule has 1 aliphatic carbocycles. The van der Waals surface area contributed by atoms with Crippen molar-refractivity contribution in [3.63, 3.8) is 0 Å². The van der Waals surface area contributed by atoms with Gasteiger partial charge in [-0.3, -0.25) is 9.88 Å². The molecule has 2 rings (SSSR count). The molecular formula is C16H27N3. The van der Waals surface area contributed by atoms with Crippen LogP contribution in [0.25, 0.3) is 0 Å². The summed E-state index contributed by atoms with van der Waals surface area (Å²) in [7, 11) is 2.25. The van der Waals surface area contributed by atoms with Crippen molar-refractivity contribution in [2.75, 3.05) is 20.1 Å². The fourth-order valence-electron chi connectivity index (χ4n) is 3.71. The van der Waals surface area contributed by atoms with Gasteiger partial charge in [0.05, 0.1) is 0 Å². The van der Waals surface area contributed by atoms with Crippen molar-refractivity contribution in [2.24, 2.45) is 11.7 Å². The Balaban J connectivity index is 1.99. The van der Waals surface area contributed by atoms with Crippen LogP contribution in [0.5, 0.6) is 0 Å². The Kier molecular flexibility index (Phi) is 4.94. The van der Waals surface area contributed by atoms with Gasteiger partial charge < -0.3 is 5.73 Å². The molecular weight excluding hydrogens is 234 g/mol. The molecule has 2 unspecified atom stereocenters. The molecule has 0 radical (unpaired) electrons. The Morgan fingerprint density at radius 1 is 1.42 bits per heavy atom. The number of nitrogens with zero attached hydrogens (tertiary/aromatic N) is 2. The SMILES string of the molecule is CCC1CCCC1(CN)N(C)CCc1ccncc1. The smallest absolute Gasteiger partial charge is 0.0356 e. The molecule has 0 saturated heterocycles. The van der Waals surface area contributed by atoms with Crippen LogP contribution in [0, 0.1) is 5.92 Å². The molecule has 0 bridgehead atoms. The maximum absolute atomic E-state index is 6.15. The van der Waals surface area contributed by atoms with Crippen molar-refractivity contribution >= 4 is 0 Å². The predicted octanol–water partition coefficient (Wildman–Crippen LogP) is 2.46. The summed E-state index contributed by atoms with van der Waals surface area (Å²) in [6.07, 6.45) is 10.0. The van der Waals surface area contributed by atoms with E-state index in [0.29, 0.717) is 0 Å². The number of hydrogen-bond acceptors (Lipinski definition) is 3. The summed E-state index contributed by atoms with van der Waals surface area (Å²) in [5, 5.41) is 0. The van der Waals surface area contributed by atoms with Gasteiger partial charge in [-0.2, -0.15) is 0 Å². The van der Waals surface area contributed by atoms with E-state index in [1.807, 2.05) is 12.4 Å². The molecule has 1 aromatic rings. The van der Waals surface area contributed by atoms with Gasteiger partial charge in [-0.05, 0) is 49.9 Å². The fourth-order valence-corrected chi connectivity index (χ4v) is 3.71. The van der Waals surface area contributed by atoms with Gasteiger partial charge in [-0.15, -0.1) is 0 Å². The monoisotopic (exact) mass is 261 g/mol. The highest BCUT2D eigenvalue weighted by molar-refractivity contribution is 5.10. The van der Waals surface area contributed by atoms with Gasteiger partial charge in [-0.1, -0.05) is 19.8 Å². The predicted molar refractivity (Wildman–Crippen MR) is 80.0 cm³/mol. The Labute approximate surface area is 117 Å². The first-order valence-corrected chi connectivity index (χ1v) is 7.53. The second kappa shape index (κ2) is 6.49. The van der Waals surface area contributed by atoms with Crippen LogP contribution < -0.4 is 5.73 Å².